The van der Waals surface area contributed by atoms with Crippen LogP contribution in [-0.2, 0) is 14.3 Å². The molecule has 3 atom stereocenters. The molecule has 1 saturated carbocycles. The molecular formula is C16H27N3O4. The SMILES string of the molecule is CC(C)(C)OC(=O)NC1CCCCC1N1CC(C(N)=O)CC1=O. The third-order valence-corrected chi connectivity index (χ3v) is 4.39. The monoisotopic (exact) mass is 325 g/mol. The molecule has 2 rings (SSSR count). The molecule has 1 saturated heterocycles. The van der Waals surface area contributed by atoms with Crippen LogP contribution in [0.15, 0.2) is 0 Å². The summed E-state index contributed by atoms with van der Waals surface area (Å²) >= 11 is 0. The Morgan fingerprint density at radius 2 is 1.91 bits per heavy atom. The van der Waals surface area contributed by atoms with Crippen LogP contribution in [0.2, 0.25) is 0 Å². The Labute approximate surface area is 136 Å². The van der Waals surface area contributed by atoms with Crippen LogP contribution in [0.25, 0.3) is 0 Å². The van der Waals surface area contributed by atoms with Crippen molar-refractivity contribution in [1.82, 2.24) is 10.2 Å². The van der Waals surface area contributed by atoms with Gasteiger partial charge in [0, 0.05) is 13.0 Å². The quantitative estimate of drug-likeness (QED) is 0.812. The first-order chi connectivity index (χ1) is 10.7. The molecule has 7 heteroatoms. The molecule has 0 radical (unpaired) electrons. The number of amides is 3. The fourth-order valence-corrected chi connectivity index (χ4v) is 3.35. The number of nitrogens with zero attached hydrogens (tertiary/aromatic N) is 1. The molecule has 23 heavy (non-hydrogen) atoms. The van der Waals surface area contributed by atoms with E-state index in [-0.39, 0.29) is 24.4 Å². The van der Waals surface area contributed by atoms with E-state index in [1.807, 2.05) is 20.8 Å². The molecule has 0 aromatic rings. The Morgan fingerprint density at radius 3 is 2.48 bits per heavy atom. The summed E-state index contributed by atoms with van der Waals surface area (Å²) < 4.78 is 5.31. The molecule has 3 N–H and O–H groups in total. The maximum Gasteiger partial charge on any atom is 0.407 e. The number of carbonyl (C=O) groups is 3. The summed E-state index contributed by atoms with van der Waals surface area (Å²) in [6.07, 6.45) is 3.32. The van der Waals surface area contributed by atoms with E-state index in [1.54, 1.807) is 4.90 Å². The summed E-state index contributed by atoms with van der Waals surface area (Å²) in [5.41, 5.74) is 4.77. The van der Waals surface area contributed by atoms with Gasteiger partial charge in [-0.3, -0.25) is 9.59 Å². The Morgan fingerprint density at radius 1 is 1.26 bits per heavy atom. The molecule has 7 nitrogen and oxygen atoms in total. The van der Waals surface area contributed by atoms with Crippen molar-refractivity contribution in [1.29, 1.82) is 0 Å². The smallest absolute Gasteiger partial charge is 0.407 e. The number of likely N-dealkylation sites (tertiary alicyclic amines) is 1. The highest BCUT2D eigenvalue weighted by Gasteiger charge is 2.41. The molecule has 2 aliphatic rings. The van der Waals surface area contributed by atoms with Gasteiger partial charge in [-0.15, -0.1) is 0 Å². The van der Waals surface area contributed by atoms with E-state index in [4.69, 9.17) is 10.5 Å². The molecule has 3 unspecified atom stereocenters. The van der Waals surface area contributed by atoms with Crippen molar-refractivity contribution in [3.63, 3.8) is 0 Å². The number of nitrogens with two attached hydrogens (primary N) is 1. The number of hydrogen-bond donors (Lipinski definition) is 2. The zero-order chi connectivity index (χ0) is 17.2. The van der Waals surface area contributed by atoms with Gasteiger partial charge in [-0.25, -0.2) is 4.79 Å². The molecule has 1 heterocycles. The van der Waals surface area contributed by atoms with Crippen LogP contribution in [0.4, 0.5) is 4.79 Å². The summed E-state index contributed by atoms with van der Waals surface area (Å²) in [5, 5.41) is 2.90. The van der Waals surface area contributed by atoms with E-state index in [1.165, 1.54) is 0 Å². The normalized spacial score (nSPS) is 28.6. The Bertz CT molecular complexity index is 486. The number of nitrogens with one attached hydrogen (secondary N) is 1. The molecular weight excluding hydrogens is 298 g/mol. The van der Waals surface area contributed by atoms with Crippen LogP contribution in [0.3, 0.4) is 0 Å². The van der Waals surface area contributed by atoms with Crippen LogP contribution in [0.1, 0.15) is 52.9 Å². The first-order valence-corrected chi connectivity index (χ1v) is 8.25. The molecule has 130 valence electrons. The van der Waals surface area contributed by atoms with Crippen molar-refractivity contribution in [3.8, 4) is 0 Å². The zero-order valence-electron chi connectivity index (χ0n) is 14.1. The predicted octanol–water partition coefficient (Wildman–Crippen LogP) is 1.16. The average Bonchev–Trinajstić information content (AvgIpc) is 2.79. The minimum Gasteiger partial charge on any atom is -0.444 e. The molecule has 1 aliphatic heterocycles. The third-order valence-electron chi connectivity index (χ3n) is 4.39. The van der Waals surface area contributed by atoms with Gasteiger partial charge in [0.2, 0.25) is 11.8 Å². The Balaban J connectivity index is 2.02. The molecule has 2 fully saturated rings. The lowest BCUT2D eigenvalue weighted by atomic mass is 9.89. The molecule has 1 aliphatic carbocycles. The van der Waals surface area contributed by atoms with Crippen LogP contribution < -0.4 is 11.1 Å². The second-order valence-corrected chi connectivity index (χ2v) is 7.45. The van der Waals surface area contributed by atoms with E-state index in [9.17, 15) is 14.4 Å². The first-order valence-electron chi connectivity index (χ1n) is 8.25. The van der Waals surface area contributed by atoms with Gasteiger partial charge in [-0.1, -0.05) is 12.8 Å². The molecule has 0 spiro atoms. The van der Waals surface area contributed by atoms with Crippen molar-refractivity contribution >= 4 is 17.9 Å². The predicted molar refractivity (Wildman–Crippen MR) is 84.4 cm³/mol. The van der Waals surface area contributed by atoms with Gasteiger partial charge >= 0.3 is 6.09 Å². The zero-order valence-corrected chi connectivity index (χ0v) is 14.1. The second-order valence-electron chi connectivity index (χ2n) is 7.45. The largest absolute Gasteiger partial charge is 0.444 e. The van der Waals surface area contributed by atoms with Crippen LogP contribution in [0.5, 0.6) is 0 Å². The molecule has 3 amide bonds. The maximum atomic E-state index is 12.2. The minimum atomic E-state index is -0.561. The minimum absolute atomic E-state index is 0.0586. The number of alkyl carbamates (subject to hydrolysis) is 1. The summed E-state index contributed by atoms with van der Waals surface area (Å²) in [4.78, 5) is 37.3. The van der Waals surface area contributed by atoms with Crippen molar-refractivity contribution in [3.05, 3.63) is 0 Å². The van der Waals surface area contributed by atoms with Gasteiger partial charge in [-0.2, -0.15) is 0 Å². The highest BCUT2D eigenvalue weighted by molar-refractivity contribution is 5.88. The van der Waals surface area contributed by atoms with Gasteiger partial charge in [0.15, 0.2) is 0 Å². The number of carbonyl (C=O) groups excluding carboxylic acids is 3. The lowest BCUT2D eigenvalue weighted by molar-refractivity contribution is -0.131. The summed E-state index contributed by atoms with van der Waals surface area (Å²) in [6.45, 7) is 5.79. The second kappa shape index (κ2) is 6.76. The van der Waals surface area contributed by atoms with Gasteiger partial charge in [0.1, 0.15) is 5.60 Å². The molecule has 0 bridgehead atoms. The maximum absolute atomic E-state index is 12.2. The van der Waals surface area contributed by atoms with Crippen LogP contribution in [-0.4, -0.2) is 47.0 Å². The Kier molecular flexibility index (Phi) is 5.16. The first kappa shape index (κ1) is 17.6. The van der Waals surface area contributed by atoms with Crippen molar-refractivity contribution in [2.24, 2.45) is 11.7 Å². The number of hydrogen-bond acceptors (Lipinski definition) is 4. The van der Waals surface area contributed by atoms with Crippen molar-refractivity contribution in [2.75, 3.05) is 6.54 Å². The lowest BCUT2D eigenvalue weighted by Gasteiger charge is -2.38. The summed E-state index contributed by atoms with van der Waals surface area (Å²) in [7, 11) is 0. The summed E-state index contributed by atoms with van der Waals surface area (Å²) in [6, 6.07) is -0.234. The lowest BCUT2D eigenvalue weighted by Crippen LogP contribution is -2.54. The molecule has 0 aromatic heterocycles. The number of primary amides is 1. The van der Waals surface area contributed by atoms with E-state index in [0.29, 0.717) is 6.54 Å². The summed E-state index contributed by atoms with van der Waals surface area (Å²) in [5.74, 6) is -0.920. The van der Waals surface area contributed by atoms with Gasteiger partial charge in [-0.05, 0) is 33.6 Å². The third kappa shape index (κ3) is 4.59. The van der Waals surface area contributed by atoms with Gasteiger partial charge < -0.3 is 20.7 Å². The van der Waals surface area contributed by atoms with Crippen LogP contribution >= 0.6 is 0 Å². The number of rotatable bonds is 3. The van der Waals surface area contributed by atoms with E-state index in [2.05, 4.69) is 5.32 Å². The Hall–Kier alpha value is -1.79. The van der Waals surface area contributed by atoms with E-state index < -0.39 is 23.5 Å². The standard InChI is InChI=1S/C16H27N3O4/c1-16(2,3)23-15(22)18-11-6-4-5-7-12(11)19-9-10(14(17)21)8-13(19)20/h10-12H,4-9H2,1-3H3,(H2,17,21)(H,18,22). The van der Waals surface area contributed by atoms with Gasteiger partial charge in [0.05, 0.1) is 18.0 Å². The van der Waals surface area contributed by atoms with E-state index in [0.717, 1.165) is 25.7 Å². The average molecular weight is 325 g/mol. The van der Waals surface area contributed by atoms with Gasteiger partial charge in [0.25, 0.3) is 0 Å². The highest BCUT2D eigenvalue weighted by atomic mass is 16.6. The van der Waals surface area contributed by atoms with E-state index >= 15 is 0 Å². The fourth-order valence-electron chi connectivity index (χ4n) is 3.35. The highest BCUT2D eigenvalue weighted by Crippen LogP contribution is 2.29. The topological polar surface area (TPSA) is 102 Å². The van der Waals surface area contributed by atoms with Crippen molar-refractivity contribution in [2.45, 2.75) is 70.6 Å². The fraction of sp³-hybridized carbons (Fsp3) is 0.812. The van der Waals surface area contributed by atoms with Crippen molar-refractivity contribution < 1.29 is 19.1 Å². The number of ether oxygens (including phenoxy) is 1. The molecule has 0 aromatic carbocycles. The van der Waals surface area contributed by atoms with Crippen LogP contribution in [0, 0.1) is 5.92 Å².